The molecule has 0 spiro atoms. The molecular formula is C10H14N4S. The van der Waals surface area contributed by atoms with E-state index in [1.165, 1.54) is 0 Å². The number of nitrogen functional groups attached to an aromatic ring is 1. The van der Waals surface area contributed by atoms with E-state index in [2.05, 4.69) is 23.8 Å². The maximum atomic E-state index is 8.79. The van der Waals surface area contributed by atoms with Crippen LogP contribution < -0.4 is 5.73 Å². The first-order valence-corrected chi connectivity index (χ1v) is 5.70. The molecule has 1 rings (SSSR count). The molecule has 0 aliphatic heterocycles. The molecule has 0 fully saturated rings. The van der Waals surface area contributed by atoms with E-state index in [1.807, 2.05) is 6.07 Å². The van der Waals surface area contributed by atoms with Crippen LogP contribution >= 0.6 is 11.8 Å². The summed E-state index contributed by atoms with van der Waals surface area (Å²) >= 11 is 1.56. The summed E-state index contributed by atoms with van der Waals surface area (Å²) in [6.07, 6.45) is 0. The lowest BCUT2D eigenvalue weighted by Crippen LogP contribution is -2.03. The van der Waals surface area contributed by atoms with Crippen molar-refractivity contribution >= 4 is 17.6 Å². The Kier molecular flexibility index (Phi) is 3.92. The van der Waals surface area contributed by atoms with Crippen molar-refractivity contribution in [1.82, 2.24) is 9.97 Å². The summed E-state index contributed by atoms with van der Waals surface area (Å²) in [4.78, 5) is 8.31. The lowest BCUT2D eigenvalue weighted by atomic mass is 10.2. The molecule has 0 bridgehead atoms. The Morgan fingerprint density at radius 3 is 2.60 bits per heavy atom. The number of aryl methyl sites for hydroxylation is 1. The molecule has 2 N–H and O–H groups in total. The summed E-state index contributed by atoms with van der Waals surface area (Å²) in [6.45, 7) is 6.04. The van der Waals surface area contributed by atoms with Gasteiger partial charge in [0.25, 0.3) is 0 Å². The summed E-state index contributed by atoms with van der Waals surface area (Å²) in [7, 11) is 0. The number of nitriles is 1. The van der Waals surface area contributed by atoms with E-state index in [4.69, 9.17) is 11.0 Å². The first kappa shape index (κ1) is 11.8. The predicted octanol–water partition coefficient (Wildman–Crippen LogP) is 1.99. The van der Waals surface area contributed by atoms with Gasteiger partial charge in [0.1, 0.15) is 17.5 Å². The molecule has 0 aromatic carbocycles. The molecule has 0 amide bonds. The van der Waals surface area contributed by atoms with Gasteiger partial charge in [0.15, 0.2) is 5.16 Å². The fourth-order valence-electron chi connectivity index (χ4n) is 1.01. The first-order chi connectivity index (χ1) is 7.04. The zero-order chi connectivity index (χ0) is 11.4. The third kappa shape index (κ3) is 3.10. The minimum Gasteiger partial charge on any atom is -0.382 e. The highest BCUT2D eigenvalue weighted by atomic mass is 32.2. The maximum absolute atomic E-state index is 8.79. The zero-order valence-electron chi connectivity index (χ0n) is 9.11. The fraction of sp³-hybridized carbons (Fsp3) is 0.500. The van der Waals surface area contributed by atoms with E-state index < -0.39 is 0 Å². The van der Waals surface area contributed by atoms with Gasteiger partial charge in [0.05, 0.1) is 5.69 Å². The van der Waals surface area contributed by atoms with Gasteiger partial charge in [-0.3, -0.25) is 0 Å². The molecule has 0 unspecified atom stereocenters. The van der Waals surface area contributed by atoms with Crippen molar-refractivity contribution in [2.24, 2.45) is 5.92 Å². The highest BCUT2D eigenvalue weighted by Gasteiger charge is 2.09. The lowest BCUT2D eigenvalue weighted by molar-refractivity contribution is 0.747. The third-order valence-corrected chi connectivity index (χ3v) is 3.03. The van der Waals surface area contributed by atoms with Crippen LogP contribution in [-0.4, -0.2) is 15.7 Å². The second-order valence-electron chi connectivity index (χ2n) is 3.67. The van der Waals surface area contributed by atoms with Crippen molar-refractivity contribution in [3.05, 3.63) is 11.3 Å². The Balaban J connectivity index is 2.90. The average Bonchev–Trinajstić information content (AvgIpc) is 2.14. The molecule has 80 valence electrons. The third-order valence-electron chi connectivity index (χ3n) is 1.75. The van der Waals surface area contributed by atoms with Gasteiger partial charge in [0.2, 0.25) is 0 Å². The van der Waals surface area contributed by atoms with Crippen molar-refractivity contribution in [3.8, 4) is 6.07 Å². The molecule has 1 aromatic heterocycles. The molecule has 4 nitrogen and oxygen atoms in total. The van der Waals surface area contributed by atoms with Crippen LogP contribution in [0, 0.1) is 24.2 Å². The number of hydrogen-bond acceptors (Lipinski definition) is 5. The number of nitrogens with two attached hydrogens (primary N) is 1. The Labute approximate surface area is 93.9 Å². The second kappa shape index (κ2) is 4.99. The van der Waals surface area contributed by atoms with Crippen molar-refractivity contribution in [2.75, 3.05) is 11.5 Å². The van der Waals surface area contributed by atoms with E-state index in [-0.39, 0.29) is 5.82 Å². The van der Waals surface area contributed by atoms with Gasteiger partial charge >= 0.3 is 0 Å². The van der Waals surface area contributed by atoms with Crippen LogP contribution in [0.1, 0.15) is 25.1 Å². The maximum Gasteiger partial charge on any atom is 0.189 e. The van der Waals surface area contributed by atoms with Crippen molar-refractivity contribution in [1.29, 1.82) is 5.26 Å². The van der Waals surface area contributed by atoms with Gasteiger partial charge in [-0.1, -0.05) is 25.6 Å². The standard InChI is InChI=1S/C10H14N4S/c1-6(2)5-15-10-13-7(3)8(4-11)9(12)14-10/h6H,5H2,1-3H3,(H2,12,13,14). The number of aromatic nitrogens is 2. The molecule has 0 atom stereocenters. The van der Waals surface area contributed by atoms with Crippen molar-refractivity contribution in [3.63, 3.8) is 0 Å². The van der Waals surface area contributed by atoms with Gasteiger partial charge in [-0.2, -0.15) is 5.26 Å². The van der Waals surface area contributed by atoms with Gasteiger partial charge in [-0.15, -0.1) is 0 Å². The first-order valence-electron chi connectivity index (χ1n) is 4.71. The van der Waals surface area contributed by atoms with Crippen LogP contribution in [0.3, 0.4) is 0 Å². The molecule has 1 heterocycles. The number of rotatable bonds is 3. The van der Waals surface area contributed by atoms with E-state index in [9.17, 15) is 0 Å². The molecule has 5 heteroatoms. The van der Waals surface area contributed by atoms with E-state index in [0.29, 0.717) is 22.3 Å². The Bertz CT molecular complexity index is 372. The Morgan fingerprint density at radius 2 is 2.13 bits per heavy atom. The van der Waals surface area contributed by atoms with Crippen molar-refractivity contribution in [2.45, 2.75) is 25.9 Å². The van der Waals surface area contributed by atoms with Crippen LogP contribution in [0.25, 0.3) is 0 Å². The highest BCUT2D eigenvalue weighted by molar-refractivity contribution is 7.99. The Hall–Kier alpha value is -1.28. The molecule has 15 heavy (non-hydrogen) atoms. The largest absolute Gasteiger partial charge is 0.382 e. The van der Waals surface area contributed by atoms with E-state index in [1.54, 1.807) is 18.7 Å². The van der Waals surface area contributed by atoms with Gasteiger partial charge in [-0.25, -0.2) is 9.97 Å². The Morgan fingerprint density at radius 1 is 1.47 bits per heavy atom. The summed E-state index contributed by atoms with van der Waals surface area (Å²) in [5.74, 6) is 1.80. The van der Waals surface area contributed by atoms with Crippen LogP contribution in [0.2, 0.25) is 0 Å². The molecule has 0 saturated heterocycles. The molecular weight excluding hydrogens is 208 g/mol. The molecule has 0 saturated carbocycles. The quantitative estimate of drug-likeness (QED) is 0.625. The minimum absolute atomic E-state index is 0.274. The fourth-order valence-corrected chi connectivity index (χ4v) is 1.86. The van der Waals surface area contributed by atoms with E-state index in [0.717, 1.165) is 5.75 Å². The summed E-state index contributed by atoms with van der Waals surface area (Å²) in [5, 5.41) is 9.44. The monoisotopic (exact) mass is 222 g/mol. The topological polar surface area (TPSA) is 75.6 Å². The second-order valence-corrected chi connectivity index (χ2v) is 4.66. The summed E-state index contributed by atoms with van der Waals surface area (Å²) < 4.78 is 0. The zero-order valence-corrected chi connectivity index (χ0v) is 9.93. The van der Waals surface area contributed by atoms with Crippen molar-refractivity contribution < 1.29 is 0 Å². The number of hydrogen-bond donors (Lipinski definition) is 1. The normalized spacial score (nSPS) is 10.3. The predicted molar refractivity (Wildman–Crippen MR) is 61.5 cm³/mol. The lowest BCUT2D eigenvalue weighted by Gasteiger charge is -2.06. The molecule has 1 aromatic rings. The SMILES string of the molecule is Cc1nc(SCC(C)C)nc(N)c1C#N. The number of thioether (sulfide) groups is 1. The smallest absolute Gasteiger partial charge is 0.189 e. The summed E-state index contributed by atoms with van der Waals surface area (Å²) in [5.41, 5.74) is 6.68. The molecule has 0 radical (unpaired) electrons. The number of anilines is 1. The summed E-state index contributed by atoms with van der Waals surface area (Å²) in [6, 6.07) is 2.00. The highest BCUT2D eigenvalue weighted by Crippen LogP contribution is 2.20. The molecule has 0 aliphatic rings. The van der Waals surface area contributed by atoms with Gasteiger partial charge < -0.3 is 5.73 Å². The molecule has 0 aliphatic carbocycles. The minimum atomic E-state index is 0.274. The van der Waals surface area contributed by atoms with Crippen LogP contribution in [-0.2, 0) is 0 Å². The van der Waals surface area contributed by atoms with E-state index >= 15 is 0 Å². The van der Waals surface area contributed by atoms with Crippen LogP contribution in [0.4, 0.5) is 5.82 Å². The van der Waals surface area contributed by atoms with Gasteiger partial charge in [0, 0.05) is 5.75 Å². The van der Waals surface area contributed by atoms with Crippen LogP contribution in [0.5, 0.6) is 0 Å². The van der Waals surface area contributed by atoms with Gasteiger partial charge in [-0.05, 0) is 12.8 Å². The average molecular weight is 222 g/mol. The number of nitrogens with zero attached hydrogens (tertiary/aromatic N) is 3. The van der Waals surface area contributed by atoms with Crippen LogP contribution in [0.15, 0.2) is 5.16 Å².